The molecule has 0 bridgehead atoms. The zero-order valence-electron chi connectivity index (χ0n) is 17.5. The molecule has 0 heterocycles. The number of ether oxygens (including phenoxy) is 3. The average Bonchev–Trinajstić information content (AvgIpc) is 2.70. The Morgan fingerprint density at radius 3 is 2.07 bits per heavy atom. The maximum absolute atomic E-state index is 12.9. The molecule has 3 aromatic carbocycles. The fraction of sp³-hybridized carbons (Fsp3) is 0.136. The third-order valence-electron chi connectivity index (χ3n) is 4.08. The summed E-state index contributed by atoms with van der Waals surface area (Å²) in [5, 5.41) is 0.966. The second-order valence-corrected chi connectivity index (χ2v) is 7.13. The molecular weight excluding hydrogens is 366 g/mol. The third kappa shape index (κ3) is 5.18. The third-order valence-corrected chi connectivity index (χ3v) is 5.39. The summed E-state index contributed by atoms with van der Waals surface area (Å²) in [6.07, 6.45) is 0. The number of hydrogen-bond donors (Lipinski definition) is 0. The first-order chi connectivity index (χ1) is 13.1. The van der Waals surface area contributed by atoms with E-state index in [0.29, 0.717) is 17.1 Å². The Morgan fingerprint density at radius 1 is 0.857 bits per heavy atom. The van der Waals surface area contributed by atoms with Gasteiger partial charge in [-0.25, -0.2) is 0 Å². The van der Waals surface area contributed by atoms with Crippen molar-refractivity contribution in [2.75, 3.05) is 14.2 Å². The predicted octanol–water partition coefficient (Wildman–Crippen LogP) is 2.07. The van der Waals surface area contributed by atoms with Crippen molar-refractivity contribution in [1.29, 1.82) is 0 Å². The van der Waals surface area contributed by atoms with Crippen molar-refractivity contribution < 1.29 is 39.3 Å². The molecule has 0 saturated heterocycles. The Kier molecular flexibility index (Phi) is 8.14. The molecule has 0 aliphatic heterocycles. The average molecular weight is 388 g/mol. The fourth-order valence-electron chi connectivity index (χ4n) is 2.72. The Labute approximate surface area is 180 Å². The molecule has 0 saturated carbocycles. The Hall–Kier alpha value is -2.24. The normalized spacial score (nSPS) is 10.4. The van der Waals surface area contributed by atoms with Crippen LogP contribution in [0.5, 0.6) is 23.0 Å². The molecule has 0 aromatic heterocycles. The molecule has 6 heteroatoms. The van der Waals surface area contributed by atoms with Crippen LogP contribution in [0.1, 0.15) is 17.3 Å². The zero-order chi connectivity index (χ0) is 19.2. The Balaban J connectivity index is 0.00000210. The minimum atomic E-state index is -0.0368. The van der Waals surface area contributed by atoms with Crippen molar-refractivity contribution in [3.63, 3.8) is 0 Å². The Bertz CT molecular complexity index is 929. The predicted molar refractivity (Wildman–Crippen MR) is 111 cm³/mol. The van der Waals surface area contributed by atoms with Crippen LogP contribution in [0.2, 0.25) is 0 Å². The van der Waals surface area contributed by atoms with E-state index in [1.807, 2.05) is 55.5 Å². The van der Waals surface area contributed by atoms with Gasteiger partial charge >= 0.3 is 18.9 Å². The van der Waals surface area contributed by atoms with Gasteiger partial charge in [0.1, 0.15) is 28.6 Å². The van der Waals surface area contributed by atoms with Crippen molar-refractivity contribution in [3.05, 3.63) is 77.9 Å². The van der Waals surface area contributed by atoms with Crippen molar-refractivity contribution in [1.82, 2.24) is 0 Å². The second kappa shape index (κ2) is 10.3. The van der Waals surface area contributed by atoms with Gasteiger partial charge in [-0.3, -0.25) is 4.79 Å². The van der Waals surface area contributed by atoms with E-state index in [0.717, 1.165) is 22.4 Å². The molecule has 140 valence electrons. The molecule has 1 atom stereocenters. The maximum Gasteiger partial charge on any atom is 1.00 e. The summed E-state index contributed by atoms with van der Waals surface area (Å²) < 4.78 is 16.5. The van der Waals surface area contributed by atoms with E-state index in [-0.39, 0.29) is 34.4 Å². The van der Waals surface area contributed by atoms with Crippen LogP contribution in [0.4, 0.5) is 0 Å². The summed E-state index contributed by atoms with van der Waals surface area (Å²) in [5.74, 6) is 2.57. The van der Waals surface area contributed by atoms with Crippen molar-refractivity contribution in [3.8, 4) is 23.0 Å². The minimum absolute atomic E-state index is 0. The molecule has 0 spiro atoms. The number of rotatable bonds is 7. The Morgan fingerprint density at radius 2 is 1.50 bits per heavy atom. The SMILES string of the molecule is COc1cccc(OC)c1C(=O)Pc1ccc(Oc2ccccc2)cc1C.[H-].[Li+]. The largest absolute Gasteiger partial charge is 1.00 e. The molecule has 0 radical (unpaired) electrons. The van der Waals surface area contributed by atoms with Gasteiger partial charge in [0.2, 0.25) is 0 Å². The summed E-state index contributed by atoms with van der Waals surface area (Å²) in [7, 11) is 3.07. The monoisotopic (exact) mass is 388 g/mol. The summed E-state index contributed by atoms with van der Waals surface area (Å²) in [5.41, 5.74) is 1.46. The van der Waals surface area contributed by atoms with E-state index in [4.69, 9.17) is 14.2 Å². The minimum Gasteiger partial charge on any atom is -1.00 e. The van der Waals surface area contributed by atoms with E-state index in [2.05, 4.69) is 0 Å². The van der Waals surface area contributed by atoms with Gasteiger partial charge in [-0.1, -0.05) is 30.3 Å². The second-order valence-electron chi connectivity index (χ2n) is 5.88. The summed E-state index contributed by atoms with van der Waals surface area (Å²) in [6.45, 7) is 1.98. The smallest absolute Gasteiger partial charge is 1.00 e. The van der Waals surface area contributed by atoms with E-state index in [1.165, 1.54) is 0 Å². The number of aryl methyl sites for hydroxylation is 1. The number of para-hydroxylation sites is 1. The molecule has 0 amide bonds. The van der Waals surface area contributed by atoms with Gasteiger partial charge in [0.05, 0.1) is 14.2 Å². The summed E-state index contributed by atoms with van der Waals surface area (Å²) in [6, 6.07) is 20.7. The number of methoxy groups -OCH3 is 2. The number of carbonyl (C=O) groups excluding carboxylic acids is 1. The van der Waals surface area contributed by atoms with Gasteiger partial charge in [-0.2, -0.15) is 0 Å². The summed E-state index contributed by atoms with van der Waals surface area (Å²) in [4.78, 5) is 12.9. The quantitative estimate of drug-likeness (QED) is 0.459. The molecule has 28 heavy (non-hydrogen) atoms. The molecule has 3 aromatic rings. The van der Waals surface area contributed by atoms with Crippen LogP contribution in [0.3, 0.4) is 0 Å². The van der Waals surface area contributed by atoms with Crippen LogP contribution < -0.4 is 38.4 Å². The summed E-state index contributed by atoms with van der Waals surface area (Å²) >= 11 is 0. The van der Waals surface area contributed by atoms with Crippen molar-refractivity contribution in [2.24, 2.45) is 0 Å². The number of benzene rings is 3. The van der Waals surface area contributed by atoms with Gasteiger partial charge in [0, 0.05) is 0 Å². The van der Waals surface area contributed by atoms with Crippen LogP contribution in [0, 0.1) is 6.92 Å². The van der Waals surface area contributed by atoms with Gasteiger partial charge < -0.3 is 15.6 Å². The van der Waals surface area contributed by atoms with Gasteiger partial charge in [-0.15, -0.1) is 0 Å². The van der Waals surface area contributed by atoms with E-state index in [1.54, 1.807) is 32.4 Å². The molecule has 3 rings (SSSR count). The number of hydrogen-bond acceptors (Lipinski definition) is 4. The first-order valence-electron chi connectivity index (χ1n) is 8.48. The van der Waals surface area contributed by atoms with Gasteiger partial charge in [0.15, 0.2) is 5.52 Å². The van der Waals surface area contributed by atoms with Crippen LogP contribution >= 0.6 is 8.58 Å². The van der Waals surface area contributed by atoms with Crippen LogP contribution in [-0.2, 0) is 0 Å². The molecule has 0 aliphatic carbocycles. The number of carbonyl (C=O) groups is 1. The molecule has 4 nitrogen and oxygen atoms in total. The molecule has 1 unspecified atom stereocenters. The van der Waals surface area contributed by atoms with Crippen LogP contribution in [-0.4, -0.2) is 19.7 Å². The first-order valence-corrected chi connectivity index (χ1v) is 9.48. The van der Waals surface area contributed by atoms with Gasteiger partial charge in [-0.05, 0) is 62.8 Å². The van der Waals surface area contributed by atoms with E-state index in [9.17, 15) is 4.79 Å². The maximum atomic E-state index is 12.9. The van der Waals surface area contributed by atoms with Crippen molar-refractivity contribution in [2.45, 2.75) is 6.92 Å². The van der Waals surface area contributed by atoms with E-state index < -0.39 is 0 Å². The topological polar surface area (TPSA) is 44.8 Å². The fourth-order valence-corrected chi connectivity index (χ4v) is 3.78. The molecule has 0 aliphatic rings. The molecule has 0 N–H and O–H groups in total. The van der Waals surface area contributed by atoms with Crippen molar-refractivity contribution >= 4 is 19.4 Å². The van der Waals surface area contributed by atoms with E-state index >= 15 is 0 Å². The molecule has 0 fully saturated rings. The first kappa shape index (κ1) is 22.1. The van der Waals surface area contributed by atoms with Crippen LogP contribution in [0.15, 0.2) is 66.7 Å². The van der Waals surface area contributed by atoms with Crippen LogP contribution in [0.25, 0.3) is 0 Å². The zero-order valence-corrected chi connectivity index (χ0v) is 17.5. The standard InChI is InChI=1S/C22H21O4P.Li.H/c1-15-14-17(26-16-8-5-4-6-9-16)12-13-20(15)27-22(23)21-18(24-2)10-7-11-19(21)25-3;;/h4-14,27H,1-3H3;;/q;+1;-1. The molecular formula is C22H22LiO4P. The van der Waals surface area contributed by atoms with Gasteiger partial charge in [0.25, 0.3) is 0 Å².